The molecule has 0 N–H and O–H groups in total. The van der Waals surface area contributed by atoms with Gasteiger partial charge < -0.3 is 9.80 Å². The average molecular weight is 391 g/mol. The second-order valence-corrected chi connectivity index (χ2v) is 10.7. The van der Waals surface area contributed by atoms with E-state index < -0.39 is 9.84 Å². The van der Waals surface area contributed by atoms with E-state index in [1.807, 2.05) is 11.0 Å². The monoisotopic (exact) mass is 390 g/mol. The maximum absolute atomic E-state index is 13.4. The molecule has 0 bridgehead atoms. The molecule has 2 fully saturated rings. The highest BCUT2D eigenvalue weighted by Gasteiger charge is 2.39. The number of nitrogens with zero attached hydrogens (tertiary/aromatic N) is 2. The van der Waals surface area contributed by atoms with Crippen LogP contribution in [0.2, 0.25) is 0 Å². The summed E-state index contributed by atoms with van der Waals surface area (Å²) in [5, 5.41) is 0. The molecule has 148 valence electrons. The van der Waals surface area contributed by atoms with Gasteiger partial charge in [-0.05, 0) is 43.2 Å². The maximum atomic E-state index is 13.4. The highest BCUT2D eigenvalue weighted by molar-refractivity contribution is 7.91. The predicted molar refractivity (Wildman–Crippen MR) is 108 cm³/mol. The van der Waals surface area contributed by atoms with Crippen LogP contribution >= 0.6 is 0 Å². The van der Waals surface area contributed by atoms with E-state index in [1.54, 1.807) is 0 Å². The summed E-state index contributed by atoms with van der Waals surface area (Å²) < 4.78 is 24.0. The molecule has 27 heavy (non-hydrogen) atoms. The van der Waals surface area contributed by atoms with Gasteiger partial charge in [0.2, 0.25) is 5.91 Å². The lowest BCUT2D eigenvalue weighted by Crippen LogP contribution is -2.51. The van der Waals surface area contributed by atoms with Crippen molar-refractivity contribution in [1.82, 2.24) is 4.90 Å². The normalized spacial score (nSPS) is 27.5. The third-order valence-electron chi connectivity index (χ3n) is 6.57. The molecule has 0 aromatic heterocycles. The number of anilines is 1. The molecular weight excluding hydrogens is 360 g/mol. The van der Waals surface area contributed by atoms with Gasteiger partial charge in [-0.1, -0.05) is 38.0 Å². The molecule has 0 spiro atoms. The fraction of sp³-hybridized carbons (Fsp3) is 0.667. The van der Waals surface area contributed by atoms with E-state index in [0.717, 1.165) is 44.3 Å². The van der Waals surface area contributed by atoms with Crippen molar-refractivity contribution in [3.8, 4) is 0 Å². The number of carbonyl (C=O) groups excluding carboxylic acids is 1. The molecule has 2 atom stereocenters. The van der Waals surface area contributed by atoms with Crippen molar-refractivity contribution in [3.05, 3.63) is 29.8 Å². The standard InChI is InChI=1S/C21H30N2O3S/c1-16-10-12-22(20-9-5-4-8-19(16)20)14-21(24)23(17-6-2-3-7-17)18-11-13-27(25,26)15-18/h4-5,8-9,16-18H,2-3,6-7,10-15H2,1H3/t16-,18+/m1/s1. The lowest BCUT2D eigenvalue weighted by molar-refractivity contribution is -0.134. The Balaban J connectivity index is 1.55. The van der Waals surface area contributed by atoms with Crippen LogP contribution < -0.4 is 4.90 Å². The van der Waals surface area contributed by atoms with Gasteiger partial charge in [0.15, 0.2) is 9.84 Å². The molecule has 1 saturated carbocycles. The van der Waals surface area contributed by atoms with E-state index in [-0.39, 0.29) is 29.5 Å². The molecule has 0 unspecified atom stereocenters. The van der Waals surface area contributed by atoms with E-state index in [0.29, 0.717) is 18.9 Å². The van der Waals surface area contributed by atoms with E-state index in [2.05, 4.69) is 30.0 Å². The molecule has 1 aromatic carbocycles. The number of amides is 1. The zero-order chi connectivity index (χ0) is 19.0. The van der Waals surface area contributed by atoms with E-state index in [4.69, 9.17) is 0 Å². The van der Waals surface area contributed by atoms with Crippen molar-refractivity contribution in [2.45, 2.75) is 63.5 Å². The quantitative estimate of drug-likeness (QED) is 0.793. The summed E-state index contributed by atoms with van der Waals surface area (Å²) in [5.74, 6) is 0.980. The van der Waals surface area contributed by atoms with Gasteiger partial charge in [-0.3, -0.25) is 4.79 Å². The van der Waals surface area contributed by atoms with Gasteiger partial charge in [-0.15, -0.1) is 0 Å². The second-order valence-electron chi connectivity index (χ2n) is 8.47. The molecule has 0 radical (unpaired) electrons. The Bertz CT molecular complexity index is 801. The molecule has 6 heteroatoms. The fourth-order valence-electron chi connectivity index (χ4n) is 5.11. The van der Waals surface area contributed by atoms with Crippen molar-refractivity contribution in [3.63, 3.8) is 0 Å². The van der Waals surface area contributed by atoms with Crippen LogP contribution in [0.4, 0.5) is 5.69 Å². The van der Waals surface area contributed by atoms with Gasteiger partial charge in [0.1, 0.15) is 0 Å². The number of fused-ring (bicyclic) bond motifs is 1. The summed E-state index contributed by atoms with van der Waals surface area (Å²) in [6, 6.07) is 8.45. The first-order chi connectivity index (χ1) is 12.9. The molecule has 5 nitrogen and oxygen atoms in total. The van der Waals surface area contributed by atoms with Crippen LogP contribution in [0.25, 0.3) is 0 Å². The number of carbonyl (C=O) groups is 1. The summed E-state index contributed by atoms with van der Waals surface area (Å²) in [4.78, 5) is 17.5. The summed E-state index contributed by atoms with van der Waals surface area (Å²) in [6.07, 6.45) is 5.94. The Morgan fingerprint density at radius 1 is 1.11 bits per heavy atom. The Morgan fingerprint density at radius 2 is 1.85 bits per heavy atom. The highest BCUT2D eigenvalue weighted by atomic mass is 32.2. The van der Waals surface area contributed by atoms with Crippen LogP contribution in [0.3, 0.4) is 0 Å². The summed E-state index contributed by atoms with van der Waals surface area (Å²) in [6.45, 7) is 3.48. The number of benzene rings is 1. The first-order valence-corrected chi connectivity index (χ1v) is 12.1. The minimum absolute atomic E-state index is 0.105. The molecule has 2 aliphatic heterocycles. The van der Waals surface area contributed by atoms with Gasteiger partial charge >= 0.3 is 0 Å². The topological polar surface area (TPSA) is 57.7 Å². The van der Waals surface area contributed by atoms with E-state index >= 15 is 0 Å². The van der Waals surface area contributed by atoms with Gasteiger partial charge in [-0.25, -0.2) is 8.42 Å². The van der Waals surface area contributed by atoms with Gasteiger partial charge in [0.25, 0.3) is 0 Å². The van der Waals surface area contributed by atoms with Crippen LogP contribution in [0.5, 0.6) is 0 Å². The SMILES string of the molecule is C[C@@H]1CCN(CC(=O)N(C2CCCC2)[C@H]2CCS(=O)(=O)C2)c2ccccc21. The van der Waals surface area contributed by atoms with Crippen molar-refractivity contribution in [2.75, 3.05) is 29.5 Å². The minimum Gasteiger partial charge on any atom is -0.362 e. The van der Waals surface area contributed by atoms with Crippen LogP contribution in [-0.2, 0) is 14.6 Å². The fourth-order valence-corrected chi connectivity index (χ4v) is 6.82. The first-order valence-electron chi connectivity index (χ1n) is 10.3. The highest BCUT2D eigenvalue weighted by Crippen LogP contribution is 2.35. The molecule has 1 saturated heterocycles. The zero-order valence-electron chi connectivity index (χ0n) is 16.1. The van der Waals surface area contributed by atoms with Crippen molar-refractivity contribution >= 4 is 21.4 Å². The van der Waals surface area contributed by atoms with Crippen LogP contribution in [0, 0.1) is 0 Å². The van der Waals surface area contributed by atoms with Gasteiger partial charge in [-0.2, -0.15) is 0 Å². The Labute approximate surface area is 162 Å². The Hall–Kier alpha value is -1.56. The van der Waals surface area contributed by atoms with E-state index in [9.17, 15) is 13.2 Å². The maximum Gasteiger partial charge on any atom is 0.242 e. The number of hydrogen-bond donors (Lipinski definition) is 0. The van der Waals surface area contributed by atoms with Gasteiger partial charge in [0.05, 0.1) is 18.1 Å². The Morgan fingerprint density at radius 3 is 2.56 bits per heavy atom. The largest absolute Gasteiger partial charge is 0.362 e. The van der Waals surface area contributed by atoms with Crippen molar-refractivity contribution in [1.29, 1.82) is 0 Å². The third kappa shape index (κ3) is 3.86. The molecule has 1 amide bonds. The molecule has 3 aliphatic rings. The Kier molecular flexibility index (Phi) is 5.19. The van der Waals surface area contributed by atoms with Gasteiger partial charge in [0, 0.05) is 24.3 Å². The number of hydrogen-bond acceptors (Lipinski definition) is 4. The van der Waals surface area contributed by atoms with Crippen LogP contribution in [0.15, 0.2) is 24.3 Å². The molecule has 2 heterocycles. The third-order valence-corrected chi connectivity index (χ3v) is 8.32. The number of para-hydroxylation sites is 1. The smallest absolute Gasteiger partial charge is 0.242 e. The zero-order valence-corrected chi connectivity index (χ0v) is 17.0. The summed E-state index contributed by atoms with van der Waals surface area (Å²) in [7, 11) is -3.00. The van der Waals surface area contributed by atoms with Crippen LogP contribution in [-0.4, -0.2) is 55.9 Å². The average Bonchev–Trinajstić information content (AvgIpc) is 3.28. The lowest BCUT2D eigenvalue weighted by atomic mass is 9.91. The molecule has 1 aliphatic carbocycles. The second kappa shape index (κ2) is 7.46. The van der Waals surface area contributed by atoms with Crippen LogP contribution in [0.1, 0.15) is 56.9 Å². The van der Waals surface area contributed by atoms with E-state index in [1.165, 1.54) is 5.56 Å². The van der Waals surface area contributed by atoms with Crippen molar-refractivity contribution < 1.29 is 13.2 Å². The molecular formula is C21H30N2O3S. The van der Waals surface area contributed by atoms with Crippen molar-refractivity contribution in [2.24, 2.45) is 0 Å². The summed E-state index contributed by atoms with van der Waals surface area (Å²) in [5.41, 5.74) is 2.47. The minimum atomic E-state index is -3.00. The lowest BCUT2D eigenvalue weighted by Gasteiger charge is -2.38. The molecule has 4 rings (SSSR count). The predicted octanol–water partition coefficient (Wildman–Crippen LogP) is 2.96. The summed E-state index contributed by atoms with van der Waals surface area (Å²) >= 11 is 0. The molecule has 1 aromatic rings. The number of rotatable bonds is 4. The first kappa shape index (κ1) is 18.8. The number of sulfone groups is 1.